The predicted octanol–water partition coefficient (Wildman–Crippen LogP) is 4.87. The third-order valence-electron chi connectivity index (χ3n) is 10.6. The van der Waals surface area contributed by atoms with Crippen LogP contribution in [0.3, 0.4) is 0 Å². The molecular formula is C39H59FN6O5S. The third-order valence-corrected chi connectivity index (χ3v) is 11.6. The van der Waals surface area contributed by atoms with E-state index in [-0.39, 0.29) is 32.4 Å². The van der Waals surface area contributed by atoms with Crippen molar-refractivity contribution in [2.45, 2.75) is 135 Å². The quantitative estimate of drug-likeness (QED) is 0.168. The van der Waals surface area contributed by atoms with Crippen LogP contribution in [0.2, 0.25) is 0 Å². The molecule has 3 atom stereocenters. The van der Waals surface area contributed by atoms with E-state index in [0.29, 0.717) is 18.4 Å². The van der Waals surface area contributed by atoms with E-state index < -0.39 is 47.0 Å². The third kappa shape index (κ3) is 10.7. The van der Waals surface area contributed by atoms with Gasteiger partial charge in [-0.3, -0.25) is 14.4 Å². The molecule has 5 N–H and O–H groups in total. The van der Waals surface area contributed by atoms with Crippen molar-refractivity contribution in [3.63, 3.8) is 0 Å². The van der Waals surface area contributed by atoms with Crippen molar-refractivity contribution in [2.75, 3.05) is 32.8 Å². The summed E-state index contributed by atoms with van der Waals surface area (Å²) in [6, 6.07) is 4.32. The zero-order valence-corrected chi connectivity index (χ0v) is 32.2. The molecule has 52 heavy (non-hydrogen) atoms. The number of aromatic nitrogens is 1. The summed E-state index contributed by atoms with van der Waals surface area (Å²) in [5.41, 5.74) is 7.89. The molecule has 3 amide bonds. The number of hydrogen-bond donors (Lipinski definition) is 4. The molecule has 3 heterocycles. The minimum Gasteiger partial charge on any atom is -0.493 e. The van der Waals surface area contributed by atoms with Gasteiger partial charge in [-0.2, -0.15) is 0 Å². The van der Waals surface area contributed by atoms with Crippen LogP contribution in [-0.2, 0) is 20.9 Å². The maximum Gasteiger partial charge on any atom is 0.258 e. The number of piperidine rings is 1. The summed E-state index contributed by atoms with van der Waals surface area (Å²) >= 11 is 1.56. The van der Waals surface area contributed by atoms with Crippen LogP contribution in [0, 0.1) is 12.3 Å². The summed E-state index contributed by atoms with van der Waals surface area (Å²) in [5.74, 6) is -1.05. The fourth-order valence-electron chi connectivity index (χ4n) is 7.08. The Balaban J connectivity index is 1.15. The highest BCUT2D eigenvalue weighted by Crippen LogP contribution is 2.40. The number of rotatable bonds is 17. The van der Waals surface area contributed by atoms with Gasteiger partial charge in [0.05, 0.1) is 28.8 Å². The van der Waals surface area contributed by atoms with Crippen molar-refractivity contribution in [3.05, 3.63) is 35.0 Å². The molecule has 1 aromatic carbocycles. The maximum absolute atomic E-state index is 14.5. The molecule has 11 nitrogen and oxygen atoms in total. The Morgan fingerprint density at radius 2 is 1.81 bits per heavy atom. The predicted molar refractivity (Wildman–Crippen MR) is 202 cm³/mol. The number of hydrogen-bond acceptors (Lipinski definition) is 9. The molecule has 2 aromatic rings. The minimum absolute atomic E-state index is 0.0506. The number of carbonyl (C=O) groups is 3. The standard InChI is InChI=1S/C39H59FN6O5S/c1-26-33(52-25-43-26)27-11-12-28(32(21-27)51-20-10-8-6-5-7-9-17-45-18-13-29(41)14-19-45)23-42-35(48)31-22-30(47)24-46(31)36(49)34(38(2,3)4)44-37(50)39(40)15-16-39/h11-12,21,25,29-31,34,47H,5-10,13-20,22-24,41H2,1-4H3,(H,42,48)(H,44,50)/t30?,31?,34-/m1/s1. The number of nitrogens with zero attached hydrogens (tertiary/aromatic N) is 3. The molecule has 5 rings (SSSR count). The Hall–Kier alpha value is -3.13. The first-order valence-corrected chi connectivity index (χ1v) is 20.0. The van der Waals surface area contributed by atoms with Crippen molar-refractivity contribution in [2.24, 2.45) is 11.1 Å². The van der Waals surface area contributed by atoms with E-state index in [1.165, 1.54) is 24.2 Å². The first kappa shape index (κ1) is 40.1. The van der Waals surface area contributed by atoms with E-state index in [1.807, 2.05) is 30.6 Å². The number of nitrogens with two attached hydrogens (primary N) is 1. The SMILES string of the molecule is Cc1ncsc1-c1ccc(CNC(=O)C2CC(O)CN2C(=O)[C@@H](NC(=O)C2(F)CC2)C(C)(C)C)c(OCCCCCCCCN2CCC(N)CC2)c1. The highest BCUT2D eigenvalue weighted by Gasteiger charge is 2.53. The summed E-state index contributed by atoms with van der Waals surface area (Å²) in [7, 11) is 0. The molecular weight excluding hydrogens is 684 g/mol. The number of aliphatic hydroxyl groups is 1. The van der Waals surface area contributed by atoms with Gasteiger partial charge in [0, 0.05) is 31.1 Å². The number of benzene rings is 1. The number of aliphatic hydroxyl groups excluding tert-OH is 1. The molecule has 13 heteroatoms. The zero-order valence-electron chi connectivity index (χ0n) is 31.4. The molecule has 1 aromatic heterocycles. The van der Waals surface area contributed by atoms with Crippen molar-refractivity contribution >= 4 is 29.1 Å². The number of amides is 3. The molecule has 2 aliphatic heterocycles. The van der Waals surface area contributed by atoms with Crippen LogP contribution in [0.1, 0.15) is 103 Å². The Bertz CT molecular complexity index is 1520. The van der Waals surface area contributed by atoms with Crippen LogP contribution in [0.5, 0.6) is 5.75 Å². The lowest BCUT2D eigenvalue weighted by molar-refractivity contribution is -0.145. The summed E-state index contributed by atoms with van der Waals surface area (Å²) in [6.07, 6.45) is 8.46. The van der Waals surface area contributed by atoms with E-state index in [4.69, 9.17) is 10.5 Å². The van der Waals surface area contributed by atoms with Gasteiger partial charge in [-0.05, 0) is 82.1 Å². The van der Waals surface area contributed by atoms with E-state index >= 15 is 0 Å². The second-order valence-electron chi connectivity index (χ2n) is 16.1. The number of likely N-dealkylation sites (tertiary alicyclic amines) is 2. The Kier molecular flexibility index (Phi) is 13.7. The lowest BCUT2D eigenvalue weighted by Crippen LogP contribution is -2.59. The van der Waals surface area contributed by atoms with Gasteiger partial charge in [0.15, 0.2) is 5.67 Å². The fraction of sp³-hybridized carbons (Fsp3) is 0.692. The molecule has 288 valence electrons. The lowest BCUT2D eigenvalue weighted by Gasteiger charge is -2.35. The largest absolute Gasteiger partial charge is 0.493 e. The molecule has 2 saturated heterocycles. The Morgan fingerprint density at radius 3 is 2.46 bits per heavy atom. The maximum atomic E-state index is 14.5. The van der Waals surface area contributed by atoms with Crippen LogP contribution < -0.4 is 21.1 Å². The highest BCUT2D eigenvalue weighted by molar-refractivity contribution is 7.13. The number of carbonyl (C=O) groups excluding carboxylic acids is 3. The summed E-state index contributed by atoms with van der Waals surface area (Å²) in [6.45, 7) is 11.4. The molecule has 0 radical (unpaired) electrons. The van der Waals surface area contributed by atoms with Crippen LogP contribution in [0.25, 0.3) is 10.4 Å². The number of thiazole rings is 1. The first-order valence-electron chi connectivity index (χ1n) is 19.2. The summed E-state index contributed by atoms with van der Waals surface area (Å²) in [4.78, 5) is 49.4. The van der Waals surface area contributed by atoms with Gasteiger partial charge < -0.3 is 36.0 Å². The lowest BCUT2D eigenvalue weighted by atomic mass is 9.85. The molecule has 0 bridgehead atoms. The van der Waals surface area contributed by atoms with Gasteiger partial charge in [-0.15, -0.1) is 11.3 Å². The number of ether oxygens (including phenoxy) is 1. The average molecular weight is 743 g/mol. The Morgan fingerprint density at radius 1 is 1.12 bits per heavy atom. The number of halogens is 1. The normalized spacial score (nSPS) is 21.2. The second-order valence-corrected chi connectivity index (χ2v) is 16.9. The van der Waals surface area contributed by atoms with Crippen LogP contribution in [-0.4, -0.2) is 100 Å². The van der Waals surface area contributed by atoms with Gasteiger partial charge in [-0.25, -0.2) is 9.37 Å². The van der Waals surface area contributed by atoms with Crippen molar-refractivity contribution in [3.8, 4) is 16.2 Å². The fourth-order valence-corrected chi connectivity index (χ4v) is 7.88. The van der Waals surface area contributed by atoms with Gasteiger partial charge in [0.2, 0.25) is 11.8 Å². The van der Waals surface area contributed by atoms with Crippen LogP contribution in [0.15, 0.2) is 23.7 Å². The number of alkyl halides is 1. The smallest absolute Gasteiger partial charge is 0.258 e. The molecule has 0 spiro atoms. The van der Waals surface area contributed by atoms with Crippen molar-refractivity contribution < 1.29 is 28.6 Å². The molecule has 3 fully saturated rings. The van der Waals surface area contributed by atoms with E-state index in [9.17, 15) is 23.9 Å². The highest BCUT2D eigenvalue weighted by atomic mass is 32.1. The number of aryl methyl sites for hydroxylation is 1. The van der Waals surface area contributed by atoms with E-state index in [1.54, 1.807) is 32.1 Å². The monoisotopic (exact) mass is 742 g/mol. The Labute approximate surface area is 312 Å². The van der Waals surface area contributed by atoms with E-state index in [0.717, 1.165) is 73.4 Å². The topological polar surface area (TPSA) is 150 Å². The van der Waals surface area contributed by atoms with Crippen LogP contribution in [0.4, 0.5) is 4.39 Å². The van der Waals surface area contributed by atoms with Crippen molar-refractivity contribution in [1.29, 1.82) is 0 Å². The molecule has 1 saturated carbocycles. The second kappa shape index (κ2) is 17.8. The first-order chi connectivity index (χ1) is 24.7. The number of nitrogens with one attached hydrogen (secondary N) is 2. The van der Waals surface area contributed by atoms with Crippen LogP contribution >= 0.6 is 11.3 Å². The van der Waals surface area contributed by atoms with Gasteiger partial charge in [0.1, 0.15) is 17.8 Å². The number of β-amino-alcohol motifs (C(OH)–C–C–N with tert-alkyl or cyclic N) is 1. The van der Waals surface area contributed by atoms with Gasteiger partial charge in [-0.1, -0.05) is 58.6 Å². The molecule has 1 aliphatic carbocycles. The van der Waals surface area contributed by atoms with Gasteiger partial charge in [0.25, 0.3) is 5.91 Å². The zero-order chi connectivity index (χ0) is 37.5. The molecule has 3 aliphatic rings. The summed E-state index contributed by atoms with van der Waals surface area (Å²) in [5, 5.41) is 16.1. The minimum atomic E-state index is -1.94. The number of unbranched alkanes of at least 4 members (excludes halogenated alkanes) is 5. The van der Waals surface area contributed by atoms with E-state index in [2.05, 4.69) is 20.5 Å². The summed E-state index contributed by atoms with van der Waals surface area (Å²) < 4.78 is 20.9. The van der Waals surface area contributed by atoms with Gasteiger partial charge >= 0.3 is 0 Å². The molecule has 2 unspecified atom stereocenters. The average Bonchev–Trinajstić information content (AvgIpc) is 3.51. The van der Waals surface area contributed by atoms with Crippen molar-refractivity contribution in [1.82, 2.24) is 25.4 Å².